The molecule has 106 valence electrons. The highest BCUT2D eigenvalue weighted by Gasteiger charge is 2.19. The topological polar surface area (TPSA) is 21.3 Å². The first-order valence-corrected chi connectivity index (χ1v) is 6.49. The SMILES string of the molecule is CNC(COc1ccc(Cl)cc1)c1c(F)cccc1F. The molecule has 1 N–H and O–H groups in total. The first-order chi connectivity index (χ1) is 9.61. The van der Waals surface area contributed by atoms with Gasteiger partial charge in [0, 0.05) is 10.6 Å². The summed E-state index contributed by atoms with van der Waals surface area (Å²) in [7, 11) is 1.63. The molecule has 5 heteroatoms. The monoisotopic (exact) mass is 297 g/mol. The van der Waals surface area contributed by atoms with Crippen LogP contribution in [0.15, 0.2) is 42.5 Å². The van der Waals surface area contributed by atoms with Crippen LogP contribution in [0.1, 0.15) is 11.6 Å². The van der Waals surface area contributed by atoms with E-state index in [4.69, 9.17) is 16.3 Å². The molecule has 0 amide bonds. The van der Waals surface area contributed by atoms with Crippen molar-refractivity contribution in [1.82, 2.24) is 5.32 Å². The van der Waals surface area contributed by atoms with Gasteiger partial charge in [0.2, 0.25) is 0 Å². The van der Waals surface area contributed by atoms with Crippen LogP contribution in [-0.4, -0.2) is 13.7 Å². The lowest BCUT2D eigenvalue weighted by Crippen LogP contribution is -2.25. The van der Waals surface area contributed by atoms with E-state index in [1.165, 1.54) is 18.2 Å². The quantitative estimate of drug-likeness (QED) is 0.902. The first kappa shape index (κ1) is 14.8. The Morgan fingerprint density at radius 1 is 1.10 bits per heavy atom. The Morgan fingerprint density at radius 2 is 1.70 bits per heavy atom. The second kappa shape index (κ2) is 6.68. The van der Waals surface area contributed by atoms with Gasteiger partial charge >= 0.3 is 0 Å². The summed E-state index contributed by atoms with van der Waals surface area (Å²) in [6.45, 7) is 0.107. The van der Waals surface area contributed by atoms with Gasteiger partial charge in [-0.3, -0.25) is 0 Å². The molecule has 0 aromatic heterocycles. The van der Waals surface area contributed by atoms with Crippen molar-refractivity contribution in [1.29, 1.82) is 0 Å². The summed E-state index contributed by atoms with van der Waals surface area (Å²) in [5, 5.41) is 3.45. The number of benzene rings is 2. The van der Waals surface area contributed by atoms with E-state index in [-0.39, 0.29) is 12.2 Å². The molecule has 0 fully saturated rings. The van der Waals surface area contributed by atoms with Crippen molar-refractivity contribution in [3.63, 3.8) is 0 Å². The zero-order valence-corrected chi connectivity index (χ0v) is 11.6. The molecule has 0 spiro atoms. The van der Waals surface area contributed by atoms with E-state index >= 15 is 0 Å². The lowest BCUT2D eigenvalue weighted by molar-refractivity contribution is 0.266. The van der Waals surface area contributed by atoms with Gasteiger partial charge in [-0.2, -0.15) is 0 Å². The Kier molecular flexibility index (Phi) is 4.93. The standard InChI is InChI=1S/C15H14ClF2NO/c1-19-14(15-12(17)3-2-4-13(15)18)9-20-11-7-5-10(16)6-8-11/h2-8,14,19H,9H2,1H3. The average Bonchev–Trinajstić information content (AvgIpc) is 2.44. The third-order valence-corrected chi connectivity index (χ3v) is 3.18. The fourth-order valence-electron chi connectivity index (χ4n) is 1.86. The molecule has 20 heavy (non-hydrogen) atoms. The summed E-state index contributed by atoms with van der Waals surface area (Å²) in [5.74, 6) is -0.598. The first-order valence-electron chi connectivity index (χ1n) is 6.11. The van der Waals surface area contributed by atoms with Crippen molar-refractivity contribution in [2.24, 2.45) is 0 Å². The maximum atomic E-state index is 13.7. The largest absolute Gasteiger partial charge is 0.492 e. The van der Waals surface area contributed by atoms with Gasteiger partial charge < -0.3 is 10.1 Å². The maximum absolute atomic E-state index is 13.7. The number of halogens is 3. The summed E-state index contributed by atoms with van der Waals surface area (Å²) in [5.41, 5.74) is -0.0241. The zero-order chi connectivity index (χ0) is 14.5. The van der Waals surface area contributed by atoms with Gasteiger partial charge in [-0.05, 0) is 43.4 Å². The molecule has 0 heterocycles. The minimum Gasteiger partial charge on any atom is -0.492 e. The predicted molar refractivity (Wildman–Crippen MR) is 75.1 cm³/mol. The van der Waals surface area contributed by atoms with Crippen LogP contribution >= 0.6 is 11.6 Å². The number of rotatable bonds is 5. The fourth-order valence-corrected chi connectivity index (χ4v) is 1.99. The molecule has 0 saturated carbocycles. The van der Waals surface area contributed by atoms with Crippen LogP contribution in [0.2, 0.25) is 5.02 Å². The highest BCUT2D eigenvalue weighted by atomic mass is 35.5. The lowest BCUT2D eigenvalue weighted by atomic mass is 10.1. The molecule has 0 saturated heterocycles. The highest BCUT2D eigenvalue weighted by molar-refractivity contribution is 6.30. The van der Waals surface area contributed by atoms with E-state index in [1.54, 1.807) is 31.3 Å². The zero-order valence-electron chi connectivity index (χ0n) is 10.9. The average molecular weight is 298 g/mol. The Morgan fingerprint density at radius 3 is 2.25 bits per heavy atom. The van der Waals surface area contributed by atoms with Crippen LogP contribution in [-0.2, 0) is 0 Å². The van der Waals surface area contributed by atoms with Crippen molar-refractivity contribution >= 4 is 11.6 Å². The van der Waals surface area contributed by atoms with Crippen LogP contribution in [0.4, 0.5) is 8.78 Å². The minimum absolute atomic E-state index is 0.0241. The van der Waals surface area contributed by atoms with E-state index in [1.807, 2.05) is 0 Å². The Labute approximate surface area is 121 Å². The molecular weight excluding hydrogens is 284 g/mol. The van der Waals surface area contributed by atoms with E-state index in [0.29, 0.717) is 10.8 Å². The van der Waals surface area contributed by atoms with Gasteiger partial charge in [-0.1, -0.05) is 17.7 Å². The number of likely N-dealkylation sites (N-methyl/N-ethyl adjacent to an activating group) is 1. The fraction of sp³-hybridized carbons (Fsp3) is 0.200. The summed E-state index contributed by atoms with van der Waals surface area (Å²) < 4.78 is 33.0. The Hall–Kier alpha value is -1.65. The Balaban J connectivity index is 2.11. The van der Waals surface area contributed by atoms with Crippen LogP contribution in [0.5, 0.6) is 5.75 Å². The maximum Gasteiger partial charge on any atom is 0.131 e. The number of hydrogen-bond donors (Lipinski definition) is 1. The number of ether oxygens (including phenoxy) is 1. The summed E-state index contributed by atoms with van der Waals surface area (Å²) in [4.78, 5) is 0. The second-order valence-corrected chi connectivity index (χ2v) is 4.68. The minimum atomic E-state index is -0.593. The molecule has 0 aliphatic heterocycles. The predicted octanol–water partition coefficient (Wildman–Crippen LogP) is 3.96. The highest BCUT2D eigenvalue weighted by Crippen LogP contribution is 2.22. The van der Waals surface area contributed by atoms with Gasteiger partial charge in [-0.25, -0.2) is 8.78 Å². The normalized spacial score (nSPS) is 12.2. The molecule has 2 rings (SSSR count). The summed E-state index contributed by atoms with van der Waals surface area (Å²) in [6, 6.07) is 9.99. The van der Waals surface area contributed by atoms with E-state index in [2.05, 4.69) is 5.32 Å². The molecule has 2 nitrogen and oxygen atoms in total. The molecule has 2 aromatic rings. The third-order valence-electron chi connectivity index (χ3n) is 2.93. The third kappa shape index (κ3) is 3.46. The molecule has 2 aromatic carbocycles. The van der Waals surface area contributed by atoms with Gasteiger partial charge in [0.25, 0.3) is 0 Å². The van der Waals surface area contributed by atoms with Gasteiger partial charge in [0.05, 0.1) is 6.04 Å². The second-order valence-electron chi connectivity index (χ2n) is 4.24. The van der Waals surface area contributed by atoms with Crippen LogP contribution in [0.3, 0.4) is 0 Å². The van der Waals surface area contributed by atoms with Crippen molar-refractivity contribution in [3.05, 3.63) is 64.7 Å². The molecule has 0 aliphatic rings. The van der Waals surface area contributed by atoms with Gasteiger partial charge in [0.1, 0.15) is 24.0 Å². The number of nitrogens with one attached hydrogen (secondary N) is 1. The molecule has 1 unspecified atom stereocenters. The smallest absolute Gasteiger partial charge is 0.131 e. The van der Waals surface area contributed by atoms with Crippen LogP contribution in [0, 0.1) is 11.6 Å². The summed E-state index contributed by atoms with van der Waals surface area (Å²) in [6.07, 6.45) is 0. The van der Waals surface area contributed by atoms with Gasteiger partial charge in [-0.15, -0.1) is 0 Å². The molecule has 1 atom stereocenters. The van der Waals surface area contributed by atoms with E-state index in [0.717, 1.165) is 0 Å². The van der Waals surface area contributed by atoms with Crippen molar-refractivity contribution < 1.29 is 13.5 Å². The molecule has 0 aliphatic carbocycles. The number of hydrogen-bond acceptors (Lipinski definition) is 2. The van der Waals surface area contributed by atoms with Crippen LogP contribution < -0.4 is 10.1 Å². The molecule has 0 radical (unpaired) electrons. The lowest BCUT2D eigenvalue weighted by Gasteiger charge is -2.18. The van der Waals surface area contributed by atoms with Crippen molar-refractivity contribution in [3.8, 4) is 5.75 Å². The summed E-state index contributed by atoms with van der Waals surface area (Å²) >= 11 is 5.77. The van der Waals surface area contributed by atoms with E-state index in [9.17, 15) is 8.78 Å². The molecule has 0 bridgehead atoms. The van der Waals surface area contributed by atoms with E-state index < -0.39 is 17.7 Å². The van der Waals surface area contributed by atoms with Gasteiger partial charge in [0.15, 0.2) is 0 Å². The van der Waals surface area contributed by atoms with Crippen LogP contribution in [0.25, 0.3) is 0 Å². The molecular formula is C15H14ClF2NO. The van der Waals surface area contributed by atoms with Crippen molar-refractivity contribution in [2.75, 3.05) is 13.7 Å². The van der Waals surface area contributed by atoms with Crippen molar-refractivity contribution in [2.45, 2.75) is 6.04 Å². The Bertz CT molecular complexity index is 554.